The van der Waals surface area contributed by atoms with Crippen molar-refractivity contribution in [2.24, 2.45) is 0 Å². The Labute approximate surface area is 141 Å². The van der Waals surface area contributed by atoms with Gasteiger partial charge in [-0.15, -0.1) is 0 Å². The summed E-state index contributed by atoms with van der Waals surface area (Å²) in [6.45, 7) is 0.408. The molecular weight excluding hydrogens is 302 g/mol. The van der Waals surface area contributed by atoms with E-state index in [4.69, 9.17) is 0 Å². The summed E-state index contributed by atoms with van der Waals surface area (Å²) >= 11 is 0. The third kappa shape index (κ3) is 2.95. The van der Waals surface area contributed by atoms with Crippen LogP contribution < -0.4 is 5.56 Å². The van der Waals surface area contributed by atoms with Crippen molar-refractivity contribution in [3.63, 3.8) is 0 Å². The van der Waals surface area contributed by atoms with E-state index in [-0.39, 0.29) is 11.5 Å². The molecule has 0 atom stereocenters. The molecule has 1 aromatic carbocycles. The summed E-state index contributed by atoms with van der Waals surface area (Å²) in [5, 5.41) is 0.613. The van der Waals surface area contributed by atoms with Crippen LogP contribution in [-0.2, 0) is 11.3 Å². The van der Waals surface area contributed by atoms with Gasteiger partial charge in [0.05, 0.1) is 17.2 Å². The van der Waals surface area contributed by atoms with Crippen molar-refractivity contribution >= 4 is 16.8 Å². The molecule has 2 aliphatic rings. The van der Waals surface area contributed by atoms with E-state index < -0.39 is 0 Å². The van der Waals surface area contributed by atoms with Crippen molar-refractivity contribution in [3.8, 4) is 0 Å². The van der Waals surface area contributed by atoms with Gasteiger partial charge in [0.25, 0.3) is 5.56 Å². The van der Waals surface area contributed by atoms with Gasteiger partial charge in [0.2, 0.25) is 5.91 Å². The standard InChI is InChI=1S/C19H23N3O2/c23-18(22(15-9-10-15)14-5-1-2-6-14)11-12-21-13-20-17-8-4-3-7-16(17)19(21)24/h3-4,7-8,13-15H,1-2,5-6,9-12H2. The fraction of sp³-hybridized carbons (Fsp3) is 0.526. The van der Waals surface area contributed by atoms with Gasteiger partial charge < -0.3 is 4.90 Å². The number of para-hydroxylation sites is 1. The number of hydrogen-bond donors (Lipinski definition) is 0. The highest BCUT2D eigenvalue weighted by molar-refractivity contribution is 5.78. The molecule has 0 saturated heterocycles. The topological polar surface area (TPSA) is 55.2 Å². The summed E-state index contributed by atoms with van der Waals surface area (Å²) < 4.78 is 1.57. The van der Waals surface area contributed by atoms with Crippen molar-refractivity contribution in [1.29, 1.82) is 0 Å². The molecule has 0 aliphatic heterocycles. The third-order valence-corrected chi connectivity index (χ3v) is 5.24. The number of nitrogens with zero attached hydrogens (tertiary/aromatic N) is 3. The van der Waals surface area contributed by atoms with Gasteiger partial charge in [-0.2, -0.15) is 0 Å². The van der Waals surface area contributed by atoms with Crippen LogP contribution in [0.15, 0.2) is 35.4 Å². The second-order valence-electron chi connectivity index (χ2n) is 6.98. The van der Waals surface area contributed by atoms with Gasteiger partial charge in [-0.25, -0.2) is 4.98 Å². The number of carbonyl (C=O) groups excluding carboxylic acids is 1. The van der Waals surface area contributed by atoms with Gasteiger partial charge in [0, 0.05) is 25.0 Å². The molecule has 24 heavy (non-hydrogen) atoms. The highest BCUT2D eigenvalue weighted by atomic mass is 16.2. The van der Waals surface area contributed by atoms with E-state index in [0.29, 0.717) is 36.0 Å². The number of amides is 1. The Bertz CT molecular complexity index is 804. The van der Waals surface area contributed by atoms with Crippen LogP contribution in [-0.4, -0.2) is 32.4 Å². The van der Waals surface area contributed by atoms with Gasteiger partial charge in [0.1, 0.15) is 0 Å². The van der Waals surface area contributed by atoms with E-state index in [9.17, 15) is 9.59 Å². The Balaban J connectivity index is 1.48. The van der Waals surface area contributed by atoms with Gasteiger partial charge in [-0.05, 0) is 37.8 Å². The Morgan fingerprint density at radius 3 is 2.58 bits per heavy atom. The van der Waals surface area contributed by atoms with E-state index in [2.05, 4.69) is 9.88 Å². The molecule has 0 spiro atoms. The van der Waals surface area contributed by atoms with Crippen LogP contribution >= 0.6 is 0 Å². The first-order valence-electron chi connectivity index (χ1n) is 8.99. The summed E-state index contributed by atoms with van der Waals surface area (Å²) in [4.78, 5) is 31.7. The minimum atomic E-state index is -0.0627. The van der Waals surface area contributed by atoms with Crippen LogP contribution in [0.1, 0.15) is 44.9 Å². The highest BCUT2D eigenvalue weighted by Crippen LogP contribution is 2.34. The molecule has 2 saturated carbocycles. The second kappa shape index (κ2) is 6.38. The maximum Gasteiger partial charge on any atom is 0.261 e. The number of carbonyl (C=O) groups is 1. The Hall–Kier alpha value is -2.17. The van der Waals surface area contributed by atoms with Crippen LogP contribution in [0.3, 0.4) is 0 Å². The number of aryl methyl sites for hydroxylation is 1. The van der Waals surface area contributed by atoms with Crippen LogP contribution in [0.2, 0.25) is 0 Å². The predicted molar refractivity (Wildman–Crippen MR) is 92.7 cm³/mol. The first kappa shape index (κ1) is 15.4. The molecule has 2 aliphatic carbocycles. The Morgan fingerprint density at radius 2 is 1.83 bits per heavy atom. The third-order valence-electron chi connectivity index (χ3n) is 5.24. The van der Waals surface area contributed by atoms with Crippen LogP contribution in [0, 0.1) is 0 Å². The van der Waals surface area contributed by atoms with Crippen molar-refractivity contribution in [2.45, 2.75) is 63.6 Å². The Morgan fingerprint density at radius 1 is 1.12 bits per heavy atom. The quantitative estimate of drug-likeness (QED) is 0.849. The maximum atomic E-state index is 12.8. The molecule has 0 bridgehead atoms. The second-order valence-corrected chi connectivity index (χ2v) is 6.98. The molecule has 4 rings (SSSR count). The van der Waals surface area contributed by atoms with E-state index in [1.807, 2.05) is 18.2 Å². The average molecular weight is 325 g/mol. The minimum absolute atomic E-state index is 0.0627. The number of benzene rings is 1. The van der Waals surface area contributed by atoms with Crippen molar-refractivity contribution < 1.29 is 4.79 Å². The molecule has 5 heteroatoms. The zero-order valence-corrected chi connectivity index (χ0v) is 13.9. The smallest absolute Gasteiger partial charge is 0.261 e. The minimum Gasteiger partial charge on any atom is -0.337 e. The fourth-order valence-corrected chi connectivity index (χ4v) is 3.85. The monoisotopic (exact) mass is 325 g/mol. The van der Waals surface area contributed by atoms with Crippen molar-refractivity contribution in [3.05, 3.63) is 40.9 Å². The SMILES string of the molecule is O=C(CCn1cnc2ccccc2c1=O)N(C1CCCC1)C1CC1. The van der Waals surface area contributed by atoms with Crippen LogP contribution in [0.5, 0.6) is 0 Å². The summed E-state index contributed by atoms with van der Waals surface area (Å²) in [5.41, 5.74) is 0.642. The molecular formula is C19H23N3O2. The normalized spacial score (nSPS) is 18.2. The molecule has 2 fully saturated rings. The summed E-state index contributed by atoms with van der Waals surface area (Å²) in [6.07, 6.45) is 8.96. The molecule has 0 unspecified atom stereocenters. The summed E-state index contributed by atoms with van der Waals surface area (Å²) in [7, 11) is 0. The molecule has 2 aromatic rings. The van der Waals surface area contributed by atoms with E-state index in [1.54, 1.807) is 17.0 Å². The van der Waals surface area contributed by atoms with Crippen LogP contribution in [0.25, 0.3) is 10.9 Å². The average Bonchev–Trinajstić information content (AvgIpc) is 3.28. The van der Waals surface area contributed by atoms with Crippen LogP contribution in [0.4, 0.5) is 0 Å². The van der Waals surface area contributed by atoms with Gasteiger partial charge >= 0.3 is 0 Å². The summed E-state index contributed by atoms with van der Waals surface area (Å²) in [5.74, 6) is 0.199. The van der Waals surface area contributed by atoms with E-state index >= 15 is 0 Å². The van der Waals surface area contributed by atoms with Gasteiger partial charge in [-0.1, -0.05) is 25.0 Å². The molecule has 0 N–H and O–H groups in total. The van der Waals surface area contributed by atoms with Crippen molar-refractivity contribution in [2.75, 3.05) is 0 Å². The number of aromatic nitrogens is 2. The molecule has 0 radical (unpaired) electrons. The fourth-order valence-electron chi connectivity index (χ4n) is 3.85. The largest absolute Gasteiger partial charge is 0.337 e. The first-order chi connectivity index (χ1) is 11.7. The highest BCUT2D eigenvalue weighted by Gasteiger charge is 2.37. The molecule has 1 aromatic heterocycles. The van der Waals surface area contributed by atoms with E-state index in [1.165, 1.54) is 12.8 Å². The zero-order chi connectivity index (χ0) is 16.5. The lowest BCUT2D eigenvalue weighted by atomic mass is 10.2. The van der Waals surface area contributed by atoms with Crippen molar-refractivity contribution in [1.82, 2.24) is 14.5 Å². The molecule has 126 valence electrons. The molecule has 1 heterocycles. The summed E-state index contributed by atoms with van der Waals surface area (Å²) in [6, 6.07) is 8.22. The zero-order valence-electron chi connectivity index (χ0n) is 13.9. The number of fused-ring (bicyclic) bond motifs is 1. The predicted octanol–water partition coefficient (Wildman–Crippen LogP) is 2.72. The lowest BCUT2D eigenvalue weighted by Crippen LogP contribution is -2.41. The van der Waals surface area contributed by atoms with Gasteiger partial charge in [-0.3, -0.25) is 14.2 Å². The van der Waals surface area contributed by atoms with Gasteiger partial charge in [0.15, 0.2) is 0 Å². The maximum absolute atomic E-state index is 12.8. The lowest BCUT2D eigenvalue weighted by Gasteiger charge is -2.29. The Kier molecular flexibility index (Phi) is 4.08. The van der Waals surface area contributed by atoms with E-state index in [0.717, 1.165) is 25.7 Å². The molecule has 5 nitrogen and oxygen atoms in total. The number of hydrogen-bond acceptors (Lipinski definition) is 3. The lowest BCUT2D eigenvalue weighted by molar-refractivity contribution is -0.134. The number of rotatable bonds is 5. The molecule has 1 amide bonds. The first-order valence-corrected chi connectivity index (χ1v) is 8.99.